The van der Waals surface area contributed by atoms with Crippen molar-refractivity contribution in [2.45, 2.75) is 37.8 Å². The molecule has 0 spiro atoms. The van der Waals surface area contributed by atoms with Crippen molar-refractivity contribution in [1.82, 2.24) is 9.55 Å². The molecular weight excluding hydrogens is 369 g/mol. The van der Waals surface area contributed by atoms with Crippen molar-refractivity contribution in [3.8, 4) is 0 Å². The van der Waals surface area contributed by atoms with Gasteiger partial charge in [-0.25, -0.2) is 9.18 Å². The molecule has 1 aliphatic rings. The van der Waals surface area contributed by atoms with Gasteiger partial charge in [-0.15, -0.1) is 0 Å². The highest BCUT2D eigenvalue weighted by molar-refractivity contribution is 5.67. The summed E-state index contributed by atoms with van der Waals surface area (Å²) in [6.07, 6.45) is -0.667. The summed E-state index contributed by atoms with van der Waals surface area (Å²) in [6.45, 7) is -0.0598. The Morgan fingerprint density at radius 2 is 2.19 bits per heavy atom. The lowest BCUT2D eigenvalue weighted by molar-refractivity contribution is -0.203. The van der Waals surface area contributed by atoms with Crippen LogP contribution in [-0.4, -0.2) is 46.1 Å². The van der Waals surface area contributed by atoms with E-state index in [9.17, 15) is 23.6 Å². The molecule has 1 aromatic rings. The number of ether oxygens (including phenoxy) is 3. The Morgan fingerprint density at radius 3 is 2.70 bits per heavy atom. The number of azide groups is 1. The predicted molar refractivity (Wildman–Crippen MR) is 85.0 cm³/mol. The number of aromatic nitrogens is 2. The number of carbonyl (C=O) groups is 2. The van der Waals surface area contributed by atoms with Crippen molar-refractivity contribution >= 4 is 11.9 Å². The summed E-state index contributed by atoms with van der Waals surface area (Å²) in [6, 6.07) is 1.02. The van der Waals surface area contributed by atoms with Crippen molar-refractivity contribution in [3.05, 3.63) is 43.5 Å². The Labute approximate surface area is 150 Å². The lowest BCUT2D eigenvalue weighted by atomic mass is 9.92. The molecular formula is C14H16FN5O7. The van der Waals surface area contributed by atoms with Gasteiger partial charge >= 0.3 is 17.6 Å². The minimum Gasteiger partial charge on any atom is -0.463 e. The molecule has 2 rings (SSSR count). The molecule has 13 heteroatoms. The molecule has 3 atom stereocenters. The smallest absolute Gasteiger partial charge is 0.330 e. The van der Waals surface area contributed by atoms with Gasteiger partial charge < -0.3 is 14.2 Å². The van der Waals surface area contributed by atoms with Crippen LogP contribution in [0, 0.1) is 0 Å². The van der Waals surface area contributed by atoms with Crippen LogP contribution in [0.25, 0.3) is 10.4 Å². The van der Waals surface area contributed by atoms with Crippen LogP contribution in [0.4, 0.5) is 4.39 Å². The maximum atomic E-state index is 14.1. The van der Waals surface area contributed by atoms with E-state index < -0.39 is 60.4 Å². The van der Waals surface area contributed by atoms with E-state index in [-0.39, 0.29) is 0 Å². The number of carbonyl (C=O) groups excluding carboxylic acids is 2. The van der Waals surface area contributed by atoms with E-state index in [2.05, 4.69) is 10.0 Å². The Kier molecular flexibility index (Phi) is 5.66. The Hall–Kier alpha value is -3.18. The number of nitrogens with zero attached hydrogens (tertiary/aromatic N) is 4. The van der Waals surface area contributed by atoms with Crippen LogP contribution in [0.2, 0.25) is 0 Å². The second-order valence-electron chi connectivity index (χ2n) is 5.77. The van der Waals surface area contributed by atoms with Crippen LogP contribution in [0.15, 0.2) is 27.0 Å². The van der Waals surface area contributed by atoms with E-state index in [1.807, 2.05) is 4.98 Å². The molecule has 1 fully saturated rings. The van der Waals surface area contributed by atoms with Gasteiger partial charge in [0.25, 0.3) is 5.56 Å². The van der Waals surface area contributed by atoms with Crippen LogP contribution in [0.3, 0.4) is 0 Å². The fourth-order valence-corrected chi connectivity index (χ4v) is 2.76. The minimum atomic E-state index is -2.24. The number of nitrogens with one attached hydrogen (secondary N) is 1. The third-order valence-electron chi connectivity index (χ3n) is 3.93. The normalized spacial score (nSPS) is 26.9. The van der Waals surface area contributed by atoms with Gasteiger partial charge in [0.05, 0.1) is 0 Å². The van der Waals surface area contributed by atoms with Crippen LogP contribution in [-0.2, 0) is 23.8 Å². The highest BCUT2D eigenvalue weighted by Crippen LogP contribution is 2.48. The van der Waals surface area contributed by atoms with E-state index in [4.69, 9.17) is 19.7 Å². The summed E-state index contributed by atoms with van der Waals surface area (Å²) in [4.78, 5) is 50.6. The summed E-state index contributed by atoms with van der Waals surface area (Å²) < 4.78 is 30.5. The third kappa shape index (κ3) is 3.83. The minimum absolute atomic E-state index is 0.465. The highest BCUT2D eigenvalue weighted by Gasteiger charge is 2.64. The number of hydrogen-bond donors (Lipinski definition) is 1. The first kappa shape index (κ1) is 20.1. The number of hydrogen-bond acceptors (Lipinski definition) is 8. The number of esters is 2. The molecule has 1 aromatic heterocycles. The first-order valence-electron chi connectivity index (χ1n) is 7.63. The standard InChI is InChI=1S/C14H16FN5O7/c1-8(21)25-7-13(6-15)14(18-19-16,26-9(2)22)5-11(27-13)20-4-3-10(23)17-12(20)24/h3-4,11H,5-7H2,1-2H3,(H,17,23,24)/t11-,13-,14?/m1/s1. The molecule has 0 radical (unpaired) electrons. The maximum Gasteiger partial charge on any atom is 0.330 e. The Balaban J connectivity index is 2.59. The van der Waals surface area contributed by atoms with Gasteiger partial charge in [-0.1, -0.05) is 0 Å². The van der Waals surface area contributed by atoms with Gasteiger partial charge in [-0.2, -0.15) is 0 Å². The van der Waals surface area contributed by atoms with Crippen molar-refractivity contribution < 1.29 is 28.2 Å². The predicted octanol–water partition coefficient (Wildman–Crippen LogP) is 0.297. The number of rotatable bonds is 6. The van der Waals surface area contributed by atoms with Crippen LogP contribution in [0.5, 0.6) is 0 Å². The number of halogens is 1. The molecule has 0 aliphatic carbocycles. The second kappa shape index (κ2) is 7.60. The van der Waals surface area contributed by atoms with Gasteiger partial charge in [0.1, 0.15) is 19.5 Å². The molecule has 0 bridgehead atoms. The van der Waals surface area contributed by atoms with Crippen molar-refractivity contribution in [2.24, 2.45) is 5.11 Å². The number of H-pyrrole nitrogens is 1. The van der Waals surface area contributed by atoms with E-state index in [1.54, 1.807) is 0 Å². The maximum absolute atomic E-state index is 14.1. The molecule has 1 saturated heterocycles. The summed E-state index contributed by atoms with van der Waals surface area (Å²) in [5, 5.41) is 3.41. The van der Waals surface area contributed by atoms with Gasteiger partial charge in [-0.05, 0) is 10.6 Å². The molecule has 0 aromatic carbocycles. The second-order valence-corrected chi connectivity index (χ2v) is 5.77. The summed E-state index contributed by atoms with van der Waals surface area (Å²) in [7, 11) is 0. The van der Waals surface area contributed by atoms with Gasteiger partial charge in [-0.3, -0.25) is 23.9 Å². The average molecular weight is 385 g/mol. The quantitative estimate of drug-likeness (QED) is 0.318. The third-order valence-corrected chi connectivity index (χ3v) is 3.93. The molecule has 1 aliphatic heterocycles. The summed E-state index contributed by atoms with van der Waals surface area (Å²) in [5.74, 6) is -1.70. The summed E-state index contributed by atoms with van der Waals surface area (Å²) >= 11 is 0. The zero-order valence-corrected chi connectivity index (χ0v) is 14.4. The van der Waals surface area contributed by atoms with Crippen LogP contribution < -0.4 is 11.2 Å². The van der Waals surface area contributed by atoms with Gasteiger partial charge in [0, 0.05) is 37.4 Å². The molecule has 27 heavy (non-hydrogen) atoms. The van der Waals surface area contributed by atoms with E-state index >= 15 is 0 Å². The monoisotopic (exact) mass is 385 g/mol. The molecule has 1 N–H and O–H groups in total. The zero-order valence-electron chi connectivity index (χ0n) is 14.4. The lowest BCUT2D eigenvalue weighted by Crippen LogP contribution is -2.57. The largest absolute Gasteiger partial charge is 0.463 e. The first-order valence-corrected chi connectivity index (χ1v) is 7.63. The highest BCUT2D eigenvalue weighted by atomic mass is 19.1. The van der Waals surface area contributed by atoms with Crippen molar-refractivity contribution in [3.63, 3.8) is 0 Å². The average Bonchev–Trinajstić information content (AvgIpc) is 2.86. The van der Waals surface area contributed by atoms with Crippen LogP contribution >= 0.6 is 0 Å². The SMILES string of the molecule is CC(=O)OC[C@@]1(CF)O[C@@H](n2ccc(=O)[nH]c2=O)CC1(N=[N+]=[N-])OC(C)=O. The van der Waals surface area contributed by atoms with Crippen molar-refractivity contribution in [1.29, 1.82) is 0 Å². The Bertz CT molecular complexity index is 908. The van der Waals surface area contributed by atoms with E-state index in [0.29, 0.717) is 0 Å². The zero-order chi connectivity index (χ0) is 20.2. The molecule has 2 heterocycles. The Morgan fingerprint density at radius 1 is 1.48 bits per heavy atom. The number of aromatic amines is 1. The topological polar surface area (TPSA) is 165 Å². The molecule has 146 valence electrons. The number of alkyl halides is 1. The fraction of sp³-hybridized carbons (Fsp3) is 0.571. The molecule has 0 saturated carbocycles. The lowest BCUT2D eigenvalue weighted by Gasteiger charge is -2.37. The molecule has 12 nitrogen and oxygen atoms in total. The van der Waals surface area contributed by atoms with Gasteiger partial charge in [0.2, 0.25) is 5.72 Å². The summed E-state index contributed by atoms with van der Waals surface area (Å²) in [5.41, 5.74) is 2.93. The fourth-order valence-electron chi connectivity index (χ4n) is 2.76. The van der Waals surface area contributed by atoms with Crippen LogP contribution in [0.1, 0.15) is 26.5 Å². The molecule has 1 unspecified atom stereocenters. The van der Waals surface area contributed by atoms with E-state index in [0.717, 1.165) is 30.7 Å². The van der Waals surface area contributed by atoms with Gasteiger partial charge in [0.15, 0.2) is 5.60 Å². The first-order chi connectivity index (χ1) is 12.7. The molecule has 0 amide bonds. The van der Waals surface area contributed by atoms with Crippen molar-refractivity contribution in [2.75, 3.05) is 13.3 Å². The van der Waals surface area contributed by atoms with E-state index in [1.165, 1.54) is 0 Å².